The monoisotopic (exact) mass is 439 g/mol. The van der Waals surface area contributed by atoms with Crippen molar-refractivity contribution in [1.29, 1.82) is 0 Å². The molecule has 0 radical (unpaired) electrons. The van der Waals surface area contributed by atoms with E-state index in [0.717, 1.165) is 32.2 Å². The lowest BCUT2D eigenvalue weighted by Gasteiger charge is -2.05. The summed E-state index contributed by atoms with van der Waals surface area (Å²) in [4.78, 5) is 21.4. The smallest absolute Gasteiger partial charge is 0.236 e. The Kier molecular flexibility index (Phi) is 6.28. The predicted octanol–water partition coefficient (Wildman–Crippen LogP) is 6.35. The lowest BCUT2D eigenvalue weighted by atomic mass is 10.0. The summed E-state index contributed by atoms with van der Waals surface area (Å²) in [6.45, 7) is 4.44. The number of thioether (sulfide) groups is 1. The van der Waals surface area contributed by atoms with Crippen LogP contribution in [-0.2, 0) is 11.2 Å². The molecule has 0 aliphatic heterocycles. The first-order valence-corrected chi connectivity index (χ1v) is 12.1. The summed E-state index contributed by atoms with van der Waals surface area (Å²) in [6, 6.07) is 16.5. The molecule has 2 aromatic carbocycles. The largest absolute Gasteiger partial charge is 0.301 e. The molecule has 148 valence electrons. The van der Waals surface area contributed by atoms with Crippen molar-refractivity contribution in [1.82, 2.24) is 9.97 Å². The molecule has 1 N–H and O–H groups in total. The van der Waals surface area contributed by atoms with Crippen LogP contribution in [0.2, 0.25) is 0 Å². The second-order valence-electron chi connectivity index (χ2n) is 7.12. The maximum absolute atomic E-state index is 12.3. The SMILES string of the molecule is CC(C)Cc1ccc(-c2csc(NC(=O)CSc3nc4ccccc4s3)n2)cc1. The van der Waals surface area contributed by atoms with Crippen LogP contribution in [0.5, 0.6) is 0 Å². The zero-order chi connectivity index (χ0) is 20.2. The Morgan fingerprint density at radius 3 is 2.66 bits per heavy atom. The number of rotatable bonds is 7. The Bertz CT molecular complexity index is 1080. The number of amides is 1. The fourth-order valence-electron chi connectivity index (χ4n) is 2.94. The number of para-hydroxylation sites is 1. The highest BCUT2D eigenvalue weighted by atomic mass is 32.2. The molecule has 4 nitrogen and oxygen atoms in total. The lowest BCUT2D eigenvalue weighted by molar-refractivity contribution is -0.113. The molecule has 0 fully saturated rings. The number of hydrogen-bond acceptors (Lipinski definition) is 6. The summed E-state index contributed by atoms with van der Waals surface area (Å²) < 4.78 is 2.04. The highest BCUT2D eigenvalue weighted by Gasteiger charge is 2.11. The third-order valence-corrected chi connectivity index (χ3v) is 7.18. The molecule has 2 aromatic heterocycles. The molecule has 1 amide bonds. The number of hydrogen-bond donors (Lipinski definition) is 1. The van der Waals surface area contributed by atoms with E-state index in [0.29, 0.717) is 16.8 Å². The Morgan fingerprint density at radius 1 is 1.10 bits per heavy atom. The molecule has 0 aliphatic rings. The number of fused-ring (bicyclic) bond motifs is 1. The number of benzene rings is 2. The molecule has 7 heteroatoms. The highest BCUT2D eigenvalue weighted by molar-refractivity contribution is 8.01. The number of aromatic nitrogens is 2. The quantitative estimate of drug-likeness (QED) is 0.341. The average molecular weight is 440 g/mol. The summed E-state index contributed by atoms with van der Waals surface area (Å²) in [7, 11) is 0. The van der Waals surface area contributed by atoms with Gasteiger partial charge in [0.15, 0.2) is 9.47 Å². The molecule has 4 rings (SSSR count). The zero-order valence-corrected chi connectivity index (χ0v) is 18.7. The van der Waals surface area contributed by atoms with Crippen LogP contribution >= 0.6 is 34.4 Å². The number of thiazole rings is 2. The van der Waals surface area contributed by atoms with Gasteiger partial charge in [-0.2, -0.15) is 0 Å². The summed E-state index contributed by atoms with van der Waals surface area (Å²) in [5, 5.41) is 5.50. The van der Waals surface area contributed by atoms with Crippen molar-refractivity contribution < 1.29 is 4.79 Å². The summed E-state index contributed by atoms with van der Waals surface area (Å²) >= 11 is 4.51. The van der Waals surface area contributed by atoms with Crippen LogP contribution < -0.4 is 5.32 Å². The minimum atomic E-state index is -0.0672. The van der Waals surface area contributed by atoms with Crippen molar-refractivity contribution in [2.45, 2.75) is 24.6 Å². The van der Waals surface area contributed by atoms with Gasteiger partial charge in [0.25, 0.3) is 0 Å². The molecular weight excluding hydrogens is 418 g/mol. The van der Waals surface area contributed by atoms with Crippen LogP contribution in [0.25, 0.3) is 21.5 Å². The van der Waals surface area contributed by atoms with Crippen molar-refractivity contribution >= 4 is 55.7 Å². The molecular formula is C22H21N3OS3. The Morgan fingerprint density at radius 2 is 1.90 bits per heavy atom. The average Bonchev–Trinajstić information content (AvgIpc) is 3.33. The number of nitrogens with one attached hydrogen (secondary N) is 1. The van der Waals surface area contributed by atoms with Gasteiger partial charge < -0.3 is 5.32 Å². The van der Waals surface area contributed by atoms with Gasteiger partial charge in [0.2, 0.25) is 5.91 Å². The number of anilines is 1. The van der Waals surface area contributed by atoms with Crippen molar-refractivity contribution in [3.63, 3.8) is 0 Å². The van der Waals surface area contributed by atoms with E-state index < -0.39 is 0 Å². The van der Waals surface area contributed by atoms with E-state index in [1.54, 1.807) is 11.3 Å². The second kappa shape index (κ2) is 9.07. The van der Waals surface area contributed by atoms with E-state index >= 15 is 0 Å². The normalized spacial score (nSPS) is 11.3. The van der Waals surface area contributed by atoms with E-state index in [2.05, 4.69) is 53.4 Å². The van der Waals surface area contributed by atoms with E-state index in [1.165, 1.54) is 28.7 Å². The fourth-order valence-corrected chi connectivity index (χ4v) is 5.55. The third-order valence-electron chi connectivity index (χ3n) is 4.25. The van der Waals surface area contributed by atoms with Crippen LogP contribution in [0.1, 0.15) is 19.4 Å². The molecule has 0 unspecified atom stereocenters. The van der Waals surface area contributed by atoms with Crippen molar-refractivity contribution in [2.24, 2.45) is 5.92 Å². The summed E-state index contributed by atoms with van der Waals surface area (Å²) in [5.41, 5.74) is 4.27. The highest BCUT2D eigenvalue weighted by Crippen LogP contribution is 2.30. The van der Waals surface area contributed by atoms with E-state index in [-0.39, 0.29) is 5.91 Å². The molecule has 0 aliphatic carbocycles. The molecule has 0 spiro atoms. The van der Waals surface area contributed by atoms with Gasteiger partial charge in [-0.3, -0.25) is 4.79 Å². The van der Waals surface area contributed by atoms with E-state index in [4.69, 9.17) is 0 Å². The van der Waals surface area contributed by atoms with Crippen LogP contribution in [0.3, 0.4) is 0 Å². The Labute approximate surface area is 182 Å². The Hall–Kier alpha value is -2.22. The number of nitrogens with zero attached hydrogens (tertiary/aromatic N) is 2. The van der Waals surface area contributed by atoms with Crippen molar-refractivity contribution in [3.8, 4) is 11.3 Å². The van der Waals surface area contributed by atoms with E-state index in [1.807, 2.05) is 29.6 Å². The number of carbonyl (C=O) groups excluding carboxylic acids is 1. The van der Waals surface area contributed by atoms with E-state index in [9.17, 15) is 4.79 Å². The molecule has 0 saturated heterocycles. The first kappa shape index (κ1) is 20.1. The van der Waals surface area contributed by atoms with Gasteiger partial charge in [-0.15, -0.1) is 22.7 Å². The third kappa shape index (κ3) is 5.23. The second-order valence-corrected chi connectivity index (χ2v) is 10.2. The zero-order valence-electron chi connectivity index (χ0n) is 16.2. The topological polar surface area (TPSA) is 54.9 Å². The van der Waals surface area contributed by atoms with Crippen LogP contribution in [-0.4, -0.2) is 21.6 Å². The molecule has 29 heavy (non-hydrogen) atoms. The van der Waals surface area contributed by atoms with Crippen LogP contribution in [0.15, 0.2) is 58.3 Å². The Balaban J connectivity index is 1.34. The predicted molar refractivity (Wildman–Crippen MR) is 125 cm³/mol. The van der Waals surface area contributed by atoms with Crippen molar-refractivity contribution in [3.05, 3.63) is 59.5 Å². The molecule has 2 heterocycles. The van der Waals surface area contributed by atoms with Gasteiger partial charge in [-0.25, -0.2) is 9.97 Å². The summed E-state index contributed by atoms with van der Waals surface area (Å²) in [5.74, 6) is 0.892. The van der Waals surface area contributed by atoms with Gasteiger partial charge >= 0.3 is 0 Å². The van der Waals surface area contributed by atoms with Crippen molar-refractivity contribution in [2.75, 3.05) is 11.1 Å². The van der Waals surface area contributed by atoms with Gasteiger partial charge in [0, 0.05) is 10.9 Å². The molecule has 0 saturated carbocycles. The first-order chi connectivity index (χ1) is 14.1. The lowest BCUT2D eigenvalue weighted by Crippen LogP contribution is -2.13. The van der Waals surface area contributed by atoms with Gasteiger partial charge in [-0.05, 0) is 30.0 Å². The molecule has 0 bridgehead atoms. The number of carbonyl (C=O) groups is 1. The van der Waals surface area contributed by atoms with Gasteiger partial charge in [0.1, 0.15) is 0 Å². The maximum atomic E-state index is 12.3. The minimum Gasteiger partial charge on any atom is -0.301 e. The van der Waals surface area contributed by atoms with Crippen LogP contribution in [0, 0.1) is 5.92 Å². The minimum absolute atomic E-state index is 0.0672. The van der Waals surface area contributed by atoms with Gasteiger partial charge in [-0.1, -0.05) is 62.0 Å². The van der Waals surface area contributed by atoms with Gasteiger partial charge in [0.05, 0.1) is 21.7 Å². The standard InChI is InChI=1S/C22H21N3OS3/c1-14(2)11-15-7-9-16(10-8-15)18-12-27-21(23-18)25-20(26)13-28-22-24-17-5-3-4-6-19(17)29-22/h3-10,12,14H,11,13H2,1-2H3,(H,23,25,26). The maximum Gasteiger partial charge on any atom is 0.236 e. The first-order valence-electron chi connectivity index (χ1n) is 9.40. The molecule has 4 aromatic rings. The summed E-state index contributed by atoms with van der Waals surface area (Å²) in [6.07, 6.45) is 1.07. The van der Waals surface area contributed by atoms with Crippen LogP contribution in [0.4, 0.5) is 5.13 Å². The fraction of sp³-hybridized carbons (Fsp3) is 0.227. The molecule has 0 atom stereocenters.